The fourth-order valence-corrected chi connectivity index (χ4v) is 0.889. The number of β-lactam (4-membered cyclic amide) rings is 1. The molecule has 1 heterocycles. The maximum Gasteiger partial charge on any atom is 0.329 e. The molecule has 1 aliphatic heterocycles. The average molecular weight is 185 g/mol. The van der Waals surface area contributed by atoms with Gasteiger partial charge in [0.15, 0.2) is 0 Å². The zero-order valence-corrected chi connectivity index (χ0v) is 8.22. The average Bonchev–Trinajstić information content (AvgIpc) is 1.93. The number of carbonyl (C=O) groups excluding carboxylic acids is 2. The van der Waals surface area contributed by atoms with E-state index >= 15 is 0 Å². The normalized spacial score (nSPS) is 21.8. The Morgan fingerprint density at radius 3 is 2.54 bits per heavy atom. The first-order valence-electron chi connectivity index (χ1n) is 4.34. The summed E-state index contributed by atoms with van der Waals surface area (Å²) in [6.45, 7) is 6.34. The summed E-state index contributed by atoms with van der Waals surface area (Å²) in [4.78, 5) is 21.7. The molecule has 4 nitrogen and oxygen atoms in total. The Morgan fingerprint density at radius 2 is 2.15 bits per heavy atom. The number of rotatable bonds is 2. The van der Waals surface area contributed by atoms with Gasteiger partial charge in [-0.1, -0.05) is 20.8 Å². The van der Waals surface area contributed by atoms with Crippen LogP contribution in [0.25, 0.3) is 0 Å². The van der Waals surface area contributed by atoms with Crippen molar-refractivity contribution in [3.05, 3.63) is 0 Å². The van der Waals surface area contributed by atoms with E-state index in [1.54, 1.807) is 0 Å². The van der Waals surface area contributed by atoms with Crippen molar-refractivity contribution >= 4 is 11.9 Å². The van der Waals surface area contributed by atoms with Crippen molar-refractivity contribution in [2.24, 2.45) is 5.41 Å². The minimum Gasteiger partial charge on any atom is -0.464 e. The fourth-order valence-electron chi connectivity index (χ4n) is 0.889. The molecule has 74 valence electrons. The van der Waals surface area contributed by atoms with Crippen LogP contribution in [0.4, 0.5) is 0 Å². The van der Waals surface area contributed by atoms with E-state index in [9.17, 15) is 9.59 Å². The highest BCUT2D eigenvalue weighted by Gasteiger charge is 2.33. The summed E-state index contributed by atoms with van der Waals surface area (Å²) in [5.41, 5.74) is -0.0244. The highest BCUT2D eigenvalue weighted by atomic mass is 16.5. The largest absolute Gasteiger partial charge is 0.464 e. The Kier molecular flexibility index (Phi) is 2.59. The van der Waals surface area contributed by atoms with Crippen LogP contribution >= 0.6 is 0 Å². The molecule has 1 amide bonds. The lowest BCUT2D eigenvalue weighted by molar-refractivity contribution is -0.155. The van der Waals surface area contributed by atoms with Crippen molar-refractivity contribution in [1.29, 1.82) is 0 Å². The van der Waals surface area contributed by atoms with Gasteiger partial charge in [0, 0.05) is 0 Å². The van der Waals surface area contributed by atoms with Gasteiger partial charge in [-0.25, -0.2) is 4.79 Å². The predicted molar refractivity (Wildman–Crippen MR) is 47.0 cm³/mol. The Labute approximate surface area is 77.6 Å². The lowest BCUT2D eigenvalue weighted by Crippen LogP contribution is -2.54. The van der Waals surface area contributed by atoms with Crippen molar-refractivity contribution in [3.63, 3.8) is 0 Å². The maximum atomic E-state index is 11.2. The van der Waals surface area contributed by atoms with Crippen LogP contribution in [0.5, 0.6) is 0 Å². The van der Waals surface area contributed by atoms with Gasteiger partial charge in [-0.05, 0) is 5.41 Å². The molecule has 0 spiro atoms. The van der Waals surface area contributed by atoms with Crippen LogP contribution in [-0.4, -0.2) is 24.5 Å². The van der Waals surface area contributed by atoms with Gasteiger partial charge in [0.25, 0.3) is 0 Å². The molecule has 0 aromatic rings. The Morgan fingerprint density at radius 1 is 1.62 bits per heavy atom. The van der Waals surface area contributed by atoms with Crippen LogP contribution in [0.2, 0.25) is 0 Å². The molecule has 4 heteroatoms. The van der Waals surface area contributed by atoms with Gasteiger partial charge >= 0.3 is 5.97 Å². The molecule has 0 aromatic heterocycles. The standard InChI is InChI=1S/C9H15NO3/c1-9(2,3)5-13-8(12)6-4-7(11)10-6/h6H,4-5H2,1-3H3,(H,10,11)/t6-/m0/s1. The summed E-state index contributed by atoms with van der Waals surface area (Å²) in [5, 5.41) is 2.47. The van der Waals surface area contributed by atoms with E-state index in [2.05, 4.69) is 5.32 Å². The highest BCUT2D eigenvalue weighted by molar-refractivity contribution is 5.94. The van der Waals surface area contributed by atoms with E-state index in [1.165, 1.54) is 0 Å². The number of hydrogen-bond donors (Lipinski definition) is 1. The zero-order chi connectivity index (χ0) is 10.1. The van der Waals surface area contributed by atoms with Gasteiger partial charge in [0.2, 0.25) is 5.91 Å². The number of hydrogen-bond acceptors (Lipinski definition) is 3. The minimum absolute atomic E-state index is 0.0244. The monoisotopic (exact) mass is 185 g/mol. The van der Waals surface area contributed by atoms with Crippen molar-refractivity contribution in [2.75, 3.05) is 6.61 Å². The van der Waals surface area contributed by atoms with Crippen molar-refractivity contribution in [3.8, 4) is 0 Å². The quantitative estimate of drug-likeness (QED) is 0.502. The van der Waals surface area contributed by atoms with E-state index in [4.69, 9.17) is 4.74 Å². The molecule has 0 aliphatic carbocycles. The Bertz CT molecular complexity index is 222. The Balaban J connectivity index is 2.23. The van der Waals surface area contributed by atoms with Crippen LogP contribution < -0.4 is 5.32 Å². The SMILES string of the molecule is CC(C)(C)COC(=O)[C@@H]1CC(=O)N1. The maximum absolute atomic E-state index is 11.2. The highest BCUT2D eigenvalue weighted by Crippen LogP contribution is 2.14. The molecule has 0 radical (unpaired) electrons. The molecule has 1 atom stereocenters. The smallest absolute Gasteiger partial charge is 0.329 e. The third kappa shape index (κ3) is 3.05. The Hall–Kier alpha value is -1.06. The first kappa shape index (κ1) is 10.0. The van der Waals surface area contributed by atoms with Gasteiger partial charge in [0.05, 0.1) is 13.0 Å². The van der Waals surface area contributed by atoms with E-state index < -0.39 is 6.04 Å². The molecule has 0 unspecified atom stereocenters. The molecule has 0 saturated carbocycles. The second kappa shape index (κ2) is 3.36. The first-order valence-corrected chi connectivity index (χ1v) is 4.34. The van der Waals surface area contributed by atoms with Crippen molar-refractivity contribution in [2.45, 2.75) is 33.2 Å². The molecule has 1 N–H and O–H groups in total. The van der Waals surface area contributed by atoms with Gasteiger partial charge < -0.3 is 10.1 Å². The van der Waals surface area contributed by atoms with Gasteiger partial charge in [-0.15, -0.1) is 0 Å². The summed E-state index contributed by atoms with van der Waals surface area (Å²) in [7, 11) is 0. The molecule has 0 aromatic carbocycles. The first-order chi connectivity index (χ1) is 5.88. The van der Waals surface area contributed by atoms with Crippen LogP contribution in [-0.2, 0) is 14.3 Å². The molecule has 1 aliphatic rings. The van der Waals surface area contributed by atoms with E-state index in [0.29, 0.717) is 6.61 Å². The second-order valence-electron chi connectivity index (χ2n) is 4.49. The lowest BCUT2D eigenvalue weighted by atomic mass is 9.98. The van der Waals surface area contributed by atoms with Gasteiger partial charge in [0.1, 0.15) is 6.04 Å². The summed E-state index contributed by atoms with van der Waals surface area (Å²) in [6, 6.07) is -0.408. The molecule has 1 rings (SSSR count). The molecule has 1 saturated heterocycles. The van der Waals surface area contributed by atoms with Crippen molar-refractivity contribution in [1.82, 2.24) is 5.32 Å². The van der Waals surface area contributed by atoms with E-state index in [-0.39, 0.29) is 23.7 Å². The summed E-state index contributed by atoms with van der Waals surface area (Å²) in [6.07, 6.45) is 0.267. The third-order valence-electron chi connectivity index (χ3n) is 1.66. The predicted octanol–water partition coefficient (Wildman–Crippen LogP) is 0.464. The van der Waals surface area contributed by atoms with Crippen LogP contribution in [0.15, 0.2) is 0 Å². The van der Waals surface area contributed by atoms with Crippen molar-refractivity contribution < 1.29 is 14.3 Å². The lowest BCUT2D eigenvalue weighted by Gasteiger charge is -2.26. The van der Waals surface area contributed by atoms with Gasteiger partial charge in [-0.2, -0.15) is 0 Å². The topological polar surface area (TPSA) is 55.4 Å². The third-order valence-corrected chi connectivity index (χ3v) is 1.66. The molecular weight excluding hydrogens is 170 g/mol. The van der Waals surface area contributed by atoms with Crippen LogP contribution in [0.3, 0.4) is 0 Å². The molecular formula is C9H15NO3. The van der Waals surface area contributed by atoms with E-state index in [0.717, 1.165) is 0 Å². The fraction of sp³-hybridized carbons (Fsp3) is 0.778. The number of amides is 1. The van der Waals surface area contributed by atoms with E-state index in [1.807, 2.05) is 20.8 Å². The minimum atomic E-state index is -0.408. The summed E-state index contributed by atoms with van der Waals surface area (Å²) >= 11 is 0. The van der Waals surface area contributed by atoms with Gasteiger partial charge in [-0.3, -0.25) is 4.79 Å². The molecule has 13 heavy (non-hydrogen) atoms. The zero-order valence-electron chi connectivity index (χ0n) is 8.22. The molecule has 1 fully saturated rings. The van der Waals surface area contributed by atoms with Crippen LogP contribution in [0.1, 0.15) is 27.2 Å². The second-order valence-corrected chi connectivity index (χ2v) is 4.49. The molecule has 0 bridgehead atoms. The number of esters is 1. The summed E-state index contributed by atoms with van der Waals surface area (Å²) < 4.78 is 5.01. The number of ether oxygens (including phenoxy) is 1. The number of carbonyl (C=O) groups is 2. The summed E-state index contributed by atoms with van der Waals surface area (Å²) in [5.74, 6) is -0.410. The van der Waals surface area contributed by atoms with Crippen LogP contribution in [0, 0.1) is 5.41 Å². The number of nitrogens with one attached hydrogen (secondary N) is 1.